The van der Waals surface area contributed by atoms with Gasteiger partial charge in [0, 0.05) is 34.3 Å². The van der Waals surface area contributed by atoms with Crippen molar-refractivity contribution >= 4 is 22.7 Å². The number of thiophene rings is 1. The lowest BCUT2D eigenvalue weighted by atomic mass is 10.1. The molecule has 1 aliphatic carbocycles. The van der Waals surface area contributed by atoms with Gasteiger partial charge in [-0.05, 0) is 41.8 Å². The first-order valence-electron chi connectivity index (χ1n) is 6.34. The van der Waals surface area contributed by atoms with Gasteiger partial charge in [-0.3, -0.25) is 4.98 Å². The summed E-state index contributed by atoms with van der Waals surface area (Å²) in [6.07, 6.45) is 6.47. The molecule has 4 rings (SSSR count). The predicted molar refractivity (Wildman–Crippen MR) is 80.6 cm³/mol. The second-order valence-electron chi connectivity index (χ2n) is 4.79. The predicted octanol–water partition coefficient (Wildman–Crippen LogP) is 4.81. The molecule has 0 atom stereocenters. The molecular formula is C15H12N2S2. The maximum Gasteiger partial charge on any atom is 0.125 e. The van der Waals surface area contributed by atoms with E-state index in [1.807, 2.05) is 12.4 Å². The number of hydrogen-bond donors (Lipinski definition) is 0. The largest absolute Gasteiger partial charge is 0.264 e. The fourth-order valence-corrected chi connectivity index (χ4v) is 3.78. The van der Waals surface area contributed by atoms with E-state index in [1.54, 1.807) is 22.7 Å². The molecule has 1 aliphatic rings. The molecule has 1 fully saturated rings. The average molecular weight is 284 g/mol. The van der Waals surface area contributed by atoms with Gasteiger partial charge < -0.3 is 0 Å². The Bertz CT molecular complexity index is 697. The Labute approximate surface area is 119 Å². The smallest absolute Gasteiger partial charge is 0.125 e. The van der Waals surface area contributed by atoms with Crippen molar-refractivity contribution in [3.05, 3.63) is 46.2 Å². The number of aromatic nitrogens is 2. The molecule has 1 saturated carbocycles. The molecule has 2 nitrogen and oxygen atoms in total. The van der Waals surface area contributed by atoms with Crippen LogP contribution in [-0.4, -0.2) is 9.97 Å². The fourth-order valence-electron chi connectivity index (χ4n) is 2.27. The number of rotatable bonds is 3. The lowest BCUT2D eigenvalue weighted by Gasteiger charge is -2.04. The molecule has 0 saturated heterocycles. The van der Waals surface area contributed by atoms with Gasteiger partial charge >= 0.3 is 0 Å². The van der Waals surface area contributed by atoms with Crippen molar-refractivity contribution in [3.63, 3.8) is 0 Å². The van der Waals surface area contributed by atoms with Crippen LogP contribution in [0.5, 0.6) is 0 Å². The van der Waals surface area contributed by atoms with E-state index in [-0.39, 0.29) is 0 Å². The summed E-state index contributed by atoms with van der Waals surface area (Å²) in [4.78, 5) is 9.05. The van der Waals surface area contributed by atoms with Crippen LogP contribution in [0.1, 0.15) is 24.3 Å². The van der Waals surface area contributed by atoms with Crippen molar-refractivity contribution in [3.8, 4) is 21.8 Å². The summed E-state index contributed by atoms with van der Waals surface area (Å²) in [5, 5.41) is 7.47. The summed E-state index contributed by atoms with van der Waals surface area (Å²) in [5.74, 6) is 0.728. The molecule has 0 aliphatic heterocycles. The van der Waals surface area contributed by atoms with Crippen molar-refractivity contribution in [2.75, 3.05) is 0 Å². The van der Waals surface area contributed by atoms with Gasteiger partial charge in [0.05, 0.1) is 5.69 Å². The number of nitrogens with zero attached hydrogens (tertiary/aromatic N) is 2. The average Bonchev–Trinajstić information content (AvgIpc) is 2.95. The Morgan fingerprint density at radius 3 is 2.89 bits per heavy atom. The first kappa shape index (κ1) is 11.3. The van der Waals surface area contributed by atoms with Gasteiger partial charge in [0.1, 0.15) is 5.01 Å². The normalized spacial score (nSPS) is 14.7. The van der Waals surface area contributed by atoms with Crippen LogP contribution in [0.15, 0.2) is 40.7 Å². The van der Waals surface area contributed by atoms with Gasteiger partial charge in [-0.1, -0.05) is 0 Å². The highest BCUT2D eigenvalue weighted by molar-refractivity contribution is 7.13. The second-order valence-corrected chi connectivity index (χ2v) is 6.43. The van der Waals surface area contributed by atoms with Crippen LogP contribution in [0.2, 0.25) is 0 Å². The first-order valence-corrected chi connectivity index (χ1v) is 8.16. The van der Waals surface area contributed by atoms with Gasteiger partial charge in [-0.2, -0.15) is 11.3 Å². The summed E-state index contributed by atoms with van der Waals surface area (Å²) >= 11 is 3.42. The molecule has 0 aromatic carbocycles. The molecule has 19 heavy (non-hydrogen) atoms. The van der Waals surface area contributed by atoms with Crippen LogP contribution in [0.4, 0.5) is 0 Å². The zero-order chi connectivity index (χ0) is 12.7. The fraction of sp³-hybridized carbons (Fsp3) is 0.200. The summed E-state index contributed by atoms with van der Waals surface area (Å²) in [5.41, 5.74) is 4.92. The Morgan fingerprint density at radius 2 is 2.11 bits per heavy atom. The molecule has 0 unspecified atom stereocenters. The van der Waals surface area contributed by atoms with Crippen molar-refractivity contribution < 1.29 is 0 Å². The van der Waals surface area contributed by atoms with E-state index in [9.17, 15) is 0 Å². The van der Waals surface area contributed by atoms with Gasteiger partial charge in [0.2, 0.25) is 0 Å². The third-order valence-corrected chi connectivity index (χ3v) is 4.98. The highest BCUT2D eigenvalue weighted by Crippen LogP contribution is 2.44. The third-order valence-electron chi connectivity index (χ3n) is 3.42. The van der Waals surface area contributed by atoms with Gasteiger partial charge in [-0.25, -0.2) is 4.98 Å². The number of pyridine rings is 1. The Kier molecular flexibility index (Phi) is 2.71. The zero-order valence-corrected chi connectivity index (χ0v) is 11.9. The van der Waals surface area contributed by atoms with Crippen LogP contribution in [-0.2, 0) is 0 Å². The molecule has 0 spiro atoms. The van der Waals surface area contributed by atoms with Crippen molar-refractivity contribution in [1.29, 1.82) is 0 Å². The Balaban J connectivity index is 1.77. The summed E-state index contributed by atoms with van der Waals surface area (Å²) in [7, 11) is 0. The topological polar surface area (TPSA) is 25.8 Å². The minimum atomic E-state index is 0.728. The van der Waals surface area contributed by atoms with Gasteiger partial charge in [-0.15, -0.1) is 11.3 Å². The first-order chi connectivity index (χ1) is 9.42. The maximum atomic E-state index is 4.78. The van der Waals surface area contributed by atoms with E-state index >= 15 is 0 Å². The molecule has 0 amide bonds. The van der Waals surface area contributed by atoms with Crippen molar-refractivity contribution in [1.82, 2.24) is 9.97 Å². The summed E-state index contributed by atoms with van der Waals surface area (Å²) < 4.78 is 0. The van der Waals surface area contributed by atoms with Crippen molar-refractivity contribution in [2.45, 2.75) is 18.8 Å². The van der Waals surface area contributed by atoms with Gasteiger partial charge in [0.15, 0.2) is 0 Å². The third kappa shape index (κ3) is 2.11. The maximum absolute atomic E-state index is 4.78. The zero-order valence-electron chi connectivity index (χ0n) is 10.2. The molecule has 3 aromatic heterocycles. The molecule has 3 heterocycles. The Hall–Kier alpha value is -1.52. The molecule has 3 aromatic rings. The van der Waals surface area contributed by atoms with E-state index in [1.165, 1.54) is 29.5 Å². The van der Waals surface area contributed by atoms with Gasteiger partial charge in [0.25, 0.3) is 0 Å². The Morgan fingerprint density at radius 1 is 1.16 bits per heavy atom. The van der Waals surface area contributed by atoms with E-state index < -0.39 is 0 Å². The molecule has 0 radical (unpaired) electrons. The van der Waals surface area contributed by atoms with Crippen LogP contribution < -0.4 is 0 Å². The molecular weight excluding hydrogens is 272 g/mol. The SMILES string of the molecule is c1cc(C2CC2)c(-c2nc(-c3ccsc3)cs2)cn1. The highest BCUT2D eigenvalue weighted by Gasteiger charge is 2.27. The number of hydrogen-bond acceptors (Lipinski definition) is 4. The second kappa shape index (κ2) is 4.54. The van der Waals surface area contributed by atoms with E-state index in [4.69, 9.17) is 4.98 Å². The monoisotopic (exact) mass is 284 g/mol. The van der Waals surface area contributed by atoms with Crippen LogP contribution in [0.25, 0.3) is 21.8 Å². The summed E-state index contributed by atoms with van der Waals surface area (Å²) in [6.45, 7) is 0. The van der Waals surface area contributed by atoms with Crippen LogP contribution >= 0.6 is 22.7 Å². The standard InChI is InChI=1S/C15H12N2S2/c1-2-10(1)12-3-5-16-7-13(12)15-17-14(9-19-15)11-4-6-18-8-11/h3-10H,1-2H2. The van der Waals surface area contributed by atoms with Crippen LogP contribution in [0, 0.1) is 0 Å². The molecule has 0 bridgehead atoms. The van der Waals surface area contributed by atoms with E-state index in [0.717, 1.165) is 16.6 Å². The van der Waals surface area contributed by atoms with Crippen molar-refractivity contribution in [2.24, 2.45) is 0 Å². The summed E-state index contributed by atoms with van der Waals surface area (Å²) in [6, 6.07) is 4.27. The molecule has 94 valence electrons. The minimum absolute atomic E-state index is 0.728. The lowest BCUT2D eigenvalue weighted by molar-refractivity contribution is 1.11. The quantitative estimate of drug-likeness (QED) is 0.689. The minimum Gasteiger partial charge on any atom is -0.264 e. The lowest BCUT2D eigenvalue weighted by Crippen LogP contribution is -1.88. The van der Waals surface area contributed by atoms with E-state index in [0.29, 0.717) is 0 Å². The highest BCUT2D eigenvalue weighted by atomic mass is 32.1. The van der Waals surface area contributed by atoms with Crippen LogP contribution in [0.3, 0.4) is 0 Å². The van der Waals surface area contributed by atoms with E-state index in [2.05, 4.69) is 33.3 Å². The molecule has 0 N–H and O–H groups in total. The number of thiazole rings is 1. The molecule has 4 heteroatoms.